The smallest absolute Gasteiger partial charge is 0.251 e. The predicted molar refractivity (Wildman–Crippen MR) is 290 cm³/mol. The minimum absolute atomic E-state index is 0.0141. The number of hydrogen-bond acceptors (Lipinski definition) is 10. The number of rotatable bonds is 16. The first-order valence-electron chi connectivity index (χ1n) is 27.0. The first kappa shape index (κ1) is 57.1. The molecule has 2 unspecified atom stereocenters. The first-order chi connectivity index (χ1) is 36.0. The third kappa shape index (κ3) is 13.3. The minimum Gasteiger partial charge on any atom is -0.347 e. The quantitative estimate of drug-likeness (QED) is 0.103. The van der Waals surface area contributed by atoms with Gasteiger partial charge in [-0.3, -0.25) is 38.4 Å². The Labute approximate surface area is 447 Å². The molecule has 0 bridgehead atoms. The molecule has 7 rings (SSSR count). The van der Waals surface area contributed by atoms with Gasteiger partial charge in [0.1, 0.15) is 24.2 Å². The Morgan fingerprint density at radius 3 is 1.21 bits per heavy atom. The van der Waals surface area contributed by atoms with Crippen LogP contribution in [0.4, 0.5) is 0 Å². The molecule has 2 fully saturated rings. The lowest BCUT2D eigenvalue weighted by Crippen LogP contribution is -2.59. The molecule has 2 aliphatic heterocycles. The number of carbonyl (C=O) groups excluding carboxylic acids is 8. The number of likely N-dealkylation sites (N-methyl/N-ethyl adjacent to an activating group) is 2. The molecule has 2 heterocycles. The van der Waals surface area contributed by atoms with E-state index in [4.69, 9.17) is 0 Å². The topological polar surface area (TPSA) is 239 Å². The van der Waals surface area contributed by atoms with Gasteiger partial charge >= 0.3 is 0 Å². The van der Waals surface area contributed by atoms with Gasteiger partial charge < -0.3 is 52.3 Å². The summed E-state index contributed by atoms with van der Waals surface area (Å²) in [7, 11) is 3.31. The molecule has 0 spiro atoms. The van der Waals surface area contributed by atoms with E-state index < -0.39 is 82.8 Å². The van der Waals surface area contributed by atoms with Crippen molar-refractivity contribution >= 4 is 47.3 Å². The van der Waals surface area contributed by atoms with Crippen LogP contribution in [0.3, 0.4) is 0 Å². The van der Waals surface area contributed by atoms with Crippen molar-refractivity contribution in [1.29, 1.82) is 0 Å². The van der Waals surface area contributed by atoms with Gasteiger partial charge in [-0.2, -0.15) is 0 Å². The van der Waals surface area contributed by atoms with Crippen molar-refractivity contribution in [2.24, 2.45) is 10.8 Å². The number of likely N-dealkylation sites (tertiary alicyclic amines) is 2. The Hall–Kier alpha value is -6.66. The van der Waals surface area contributed by atoms with Gasteiger partial charge in [-0.25, -0.2) is 0 Å². The number of carbonyl (C=O) groups is 8. The van der Waals surface area contributed by atoms with Crippen LogP contribution in [-0.4, -0.2) is 133 Å². The molecule has 2 saturated heterocycles. The summed E-state index contributed by atoms with van der Waals surface area (Å²) < 4.78 is 0. The highest BCUT2D eigenvalue weighted by molar-refractivity contribution is 5.99. The fourth-order valence-corrected chi connectivity index (χ4v) is 10.9. The maximum atomic E-state index is 14.6. The van der Waals surface area contributed by atoms with Crippen LogP contribution >= 0.6 is 0 Å². The number of fused-ring (bicyclic) bond motifs is 2. The van der Waals surface area contributed by atoms with Gasteiger partial charge in [0, 0.05) is 36.3 Å². The van der Waals surface area contributed by atoms with Crippen LogP contribution in [0.5, 0.6) is 0 Å². The maximum Gasteiger partial charge on any atom is 0.251 e. The molecule has 8 N–H and O–H groups in total. The van der Waals surface area contributed by atoms with Crippen LogP contribution in [0.15, 0.2) is 72.8 Å². The zero-order chi connectivity index (χ0) is 55.2. The molecular formula is C58H80N10O8. The molecule has 18 nitrogen and oxygen atoms in total. The van der Waals surface area contributed by atoms with E-state index in [1.165, 1.54) is 45.2 Å². The summed E-state index contributed by atoms with van der Waals surface area (Å²) in [5, 5.41) is 24.1. The Morgan fingerprint density at radius 1 is 0.513 bits per heavy atom. The third-order valence-electron chi connectivity index (χ3n) is 15.7. The fourth-order valence-electron chi connectivity index (χ4n) is 10.9. The summed E-state index contributed by atoms with van der Waals surface area (Å²) in [5.74, 6) is -3.23. The summed E-state index contributed by atoms with van der Waals surface area (Å²) >= 11 is 0. The van der Waals surface area contributed by atoms with E-state index in [1.807, 2.05) is 77.9 Å². The van der Waals surface area contributed by atoms with E-state index in [1.54, 1.807) is 27.9 Å². The van der Waals surface area contributed by atoms with Crippen LogP contribution in [-0.2, 0) is 41.6 Å². The van der Waals surface area contributed by atoms with Crippen LogP contribution in [0.2, 0.25) is 0 Å². The standard InChI is InChI=1S/C58H80N10O8/c1-33(59-9)49(69)65-47(57(3,4)5)55(75)67-31-39(29-45(67)53(73)63-43-23-15-19-35-17-11-13-21-41(35)43)61-51(71)37-25-27-38(28-26-37)52(72)62-40-30-46(54(74)64-44-24-16-20-36-18-12-14-22-42(36)44)68(32-40)56(76)48(58(6,7)8)66-50(70)34(2)60-10/h11-14,17-18,21-22,25-28,33-34,39-40,43-48,59-60H,15-16,19-20,23-24,29-32H2,1-10H3,(H,61,71)(H,62,72)(H,63,73)(H,64,74)(H,65,69)(H,66,70)/t33-,34-,39-,40-,43+,44+,45-,46?,47?,48+/m0/s1. The highest BCUT2D eigenvalue weighted by Crippen LogP contribution is 2.34. The summed E-state index contributed by atoms with van der Waals surface area (Å²) in [6, 6.07) is 15.3. The summed E-state index contributed by atoms with van der Waals surface area (Å²) in [6.07, 6.45) is 5.33. The number of amides is 8. The monoisotopic (exact) mass is 1040 g/mol. The lowest BCUT2D eigenvalue weighted by atomic mass is 9.85. The van der Waals surface area contributed by atoms with Crippen molar-refractivity contribution in [3.8, 4) is 0 Å². The lowest BCUT2D eigenvalue weighted by Gasteiger charge is -2.36. The van der Waals surface area contributed by atoms with Crippen molar-refractivity contribution in [1.82, 2.24) is 52.3 Å². The second-order valence-corrected chi connectivity index (χ2v) is 23.3. The molecule has 410 valence electrons. The highest BCUT2D eigenvalue weighted by Gasteiger charge is 2.48. The molecule has 76 heavy (non-hydrogen) atoms. The van der Waals surface area contributed by atoms with Crippen molar-refractivity contribution in [3.05, 3.63) is 106 Å². The molecule has 0 aromatic heterocycles. The summed E-state index contributed by atoms with van der Waals surface area (Å²) in [5.41, 5.74) is 3.44. The van der Waals surface area contributed by atoms with Crippen molar-refractivity contribution < 1.29 is 38.4 Å². The Bertz CT molecular complexity index is 2470. The zero-order valence-electron chi connectivity index (χ0n) is 45.9. The molecular weight excluding hydrogens is 965 g/mol. The molecule has 0 saturated carbocycles. The van der Waals surface area contributed by atoms with Gasteiger partial charge in [0.2, 0.25) is 35.4 Å². The average molecular weight is 1050 g/mol. The van der Waals surface area contributed by atoms with E-state index in [0.29, 0.717) is 0 Å². The molecule has 8 amide bonds. The fraction of sp³-hybridized carbons (Fsp3) is 0.552. The molecule has 2 aliphatic carbocycles. The Kier molecular flexibility index (Phi) is 18.1. The number of hydrogen-bond donors (Lipinski definition) is 8. The Balaban J connectivity index is 1.06. The summed E-state index contributed by atoms with van der Waals surface area (Å²) in [4.78, 5) is 115. The molecule has 3 aromatic rings. The Morgan fingerprint density at radius 2 is 0.868 bits per heavy atom. The van der Waals surface area contributed by atoms with E-state index in [0.717, 1.165) is 49.7 Å². The molecule has 10 atom stereocenters. The third-order valence-corrected chi connectivity index (χ3v) is 15.7. The number of aryl methyl sites for hydroxylation is 2. The van der Waals surface area contributed by atoms with Gasteiger partial charge in [0.25, 0.3) is 11.8 Å². The van der Waals surface area contributed by atoms with E-state index in [-0.39, 0.29) is 72.8 Å². The first-order valence-corrected chi connectivity index (χ1v) is 27.0. The van der Waals surface area contributed by atoms with E-state index in [9.17, 15) is 38.4 Å². The largest absolute Gasteiger partial charge is 0.347 e. The van der Waals surface area contributed by atoms with E-state index in [2.05, 4.69) is 54.7 Å². The van der Waals surface area contributed by atoms with Gasteiger partial charge in [-0.05, 0) is 137 Å². The van der Waals surface area contributed by atoms with Crippen molar-refractivity contribution in [3.63, 3.8) is 0 Å². The SMILES string of the molecule is CN[C@@H](C)C(=O)NC(C(=O)N1C[C@@H](NC(=O)c2ccc(C(=O)N[C@H]3CC(C(=O)N[C@@H]4CCCc5ccccc54)N(C(=O)[C@@H](NC(=O)[C@H](C)NC)C(C)(C)C)C3)cc2)C[C@H]1C(=O)N[C@@H]1CCCc2ccccc21)C(C)(C)C. The van der Waals surface area contributed by atoms with Gasteiger partial charge in [-0.1, -0.05) is 90.1 Å². The van der Waals surface area contributed by atoms with Crippen LogP contribution in [0, 0.1) is 10.8 Å². The second-order valence-electron chi connectivity index (χ2n) is 23.3. The summed E-state index contributed by atoms with van der Waals surface area (Å²) in [6.45, 7) is 14.5. The maximum absolute atomic E-state index is 14.6. The van der Waals surface area contributed by atoms with Crippen molar-refractivity contribution in [2.45, 2.75) is 167 Å². The minimum atomic E-state index is -0.981. The lowest BCUT2D eigenvalue weighted by molar-refractivity contribution is -0.144. The number of nitrogens with zero attached hydrogens (tertiary/aromatic N) is 2. The van der Waals surface area contributed by atoms with Gasteiger partial charge in [0.05, 0.1) is 24.2 Å². The molecule has 0 radical (unpaired) electrons. The molecule has 18 heteroatoms. The normalized spacial score (nSPS) is 22.9. The van der Waals surface area contributed by atoms with E-state index >= 15 is 0 Å². The van der Waals surface area contributed by atoms with Crippen LogP contribution < -0.4 is 42.5 Å². The van der Waals surface area contributed by atoms with Gasteiger partial charge in [0.15, 0.2) is 0 Å². The molecule has 4 aliphatic rings. The highest BCUT2D eigenvalue weighted by atomic mass is 16.2. The van der Waals surface area contributed by atoms with Crippen LogP contribution in [0.1, 0.15) is 149 Å². The number of benzene rings is 3. The zero-order valence-corrected chi connectivity index (χ0v) is 45.9. The van der Waals surface area contributed by atoms with Crippen LogP contribution in [0.25, 0.3) is 0 Å². The average Bonchev–Trinajstić information content (AvgIpc) is 4.03. The predicted octanol–water partition coefficient (Wildman–Crippen LogP) is 3.75. The number of nitrogens with one attached hydrogen (secondary N) is 8. The van der Waals surface area contributed by atoms with Crippen molar-refractivity contribution in [2.75, 3.05) is 27.2 Å². The second kappa shape index (κ2) is 24.1. The molecule has 3 aromatic carbocycles. The van der Waals surface area contributed by atoms with Gasteiger partial charge in [-0.15, -0.1) is 0 Å².